The van der Waals surface area contributed by atoms with Gasteiger partial charge in [-0.15, -0.1) is 5.73 Å². The van der Waals surface area contributed by atoms with Crippen LogP contribution in [0.15, 0.2) is 17.9 Å². The average molecular weight is 240 g/mol. The predicted octanol–water partition coefficient (Wildman–Crippen LogP) is 4.91. The van der Waals surface area contributed by atoms with Crippen molar-refractivity contribution in [3.63, 3.8) is 0 Å². The van der Waals surface area contributed by atoms with Crippen molar-refractivity contribution in [1.29, 1.82) is 0 Å². The Balaban J connectivity index is 3.94. The minimum Gasteiger partial charge on any atom is -0.413 e. The molecule has 0 amide bonds. The van der Waals surface area contributed by atoms with Gasteiger partial charge in [-0.25, -0.2) is 0 Å². The van der Waals surface area contributed by atoms with Crippen molar-refractivity contribution in [2.24, 2.45) is 0 Å². The highest BCUT2D eigenvalue weighted by atomic mass is 28.4. The van der Waals surface area contributed by atoms with Crippen LogP contribution in [0, 0.1) is 0 Å². The van der Waals surface area contributed by atoms with E-state index >= 15 is 0 Å². The van der Waals surface area contributed by atoms with Gasteiger partial charge in [0.05, 0.1) is 6.61 Å². The largest absolute Gasteiger partial charge is 0.413 e. The first kappa shape index (κ1) is 15.7. The molecule has 0 heterocycles. The van der Waals surface area contributed by atoms with Gasteiger partial charge in [-0.3, -0.25) is 0 Å². The van der Waals surface area contributed by atoms with Crippen molar-refractivity contribution in [1.82, 2.24) is 0 Å². The fourth-order valence-electron chi connectivity index (χ4n) is 0.987. The summed E-state index contributed by atoms with van der Waals surface area (Å²) >= 11 is 0. The van der Waals surface area contributed by atoms with Gasteiger partial charge in [-0.1, -0.05) is 34.1 Å². The van der Waals surface area contributed by atoms with Crippen molar-refractivity contribution < 1.29 is 4.43 Å². The van der Waals surface area contributed by atoms with E-state index in [1.165, 1.54) is 12.8 Å². The average Bonchev–Trinajstić information content (AvgIpc) is 2.14. The summed E-state index contributed by atoms with van der Waals surface area (Å²) in [5.41, 5.74) is 3.19. The van der Waals surface area contributed by atoms with Gasteiger partial charge in [0.25, 0.3) is 0 Å². The molecular formula is C14H28OSi. The van der Waals surface area contributed by atoms with Gasteiger partial charge < -0.3 is 4.43 Å². The molecule has 1 nitrogen and oxygen atoms in total. The van der Waals surface area contributed by atoms with E-state index in [2.05, 4.69) is 52.6 Å². The van der Waals surface area contributed by atoms with Gasteiger partial charge in [0, 0.05) is 0 Å². The molecule has 2 heteroatoms. The van der Waals surface area contributed by atoms with Gasteiger partial charge in [0.2, 0.25) is 0 Å². The van der Waals surface area contributed by atoms with Crippen LogP contribution in [0.2, 0.25) is 18.1 Å². The van der Waals surface area contributed by atoms with Crippen LogP contribution in [0.4, 0.5) is 0 Å². The van der Waals surface area contributed by atoms with Crippen molar-refractivity contribution in [3.05, 3.63) is 17.9 Å². The molecule has 0 aliphatic carbocycles. The summed E-state index contributed by atoms with van der Waals surface area (Å²) in [6.07, 6.45) is 7.75. The Bertz CT molecular complexity index is 242. The predicted molar refractivity (Wildman–Crippen MR) is 75.3 cm³/mol. The smallest absolute Gasteiger partial charge is 0.192 e. The third-order valence-electron chi connectivity index (χ3n) is 3.27. The molecule has 0 aliphatic rings. The first-order valence-corrected chi connectivity index (χ1v) is 9.25. The van der Waals surface area contributed by atoms with E-state index in [-0.39, 0.29) is 0 Å². The van der Waals surface area contributed by atoms with Crippen LogP contribution < -0.4 is 0 Å². The summed E-state index contributed by atoms with van der Waals surface area (Å²) in [6, 6.07) is 0. The zero-order valence-corrected chi connectivity index (χ0v) is 12.9. The lowest BCUT2D eigenvalue weighted by Gasteiger charge is -2.35. The van der Waals surface area contributed by atoms with Gasteiger partial charge in [0.15, 0.2) is 8.32 Å². The van der Waals surface area contributed by atoms with E-state index in [9.17, 15) is 0 Å². The molecule has 0 N–H and O–H groups in total. The maximum Gasteiger partial charge on any atom is 0.192 e. The van der Waals surface area contributed by atoms with Crippen LogP contribution in [-0.2, 0) is 4.43 Å². The number of rotatable bonds is 6. The summed E-state index contributed by atoms with van der Waals surface area (Å²) in [6.45, 7) is 14.3. The number of hydrogen-bond donors (Lipinski definition) is 0. The Labute approximate surface area is 103 Å². The third-order valence-corrected chi connectivity index (χ3v) is 7.77. The highest BCUT2D eigenvalue weighted by Crippen LogP contribution is 2.36. The molecule has 16 heavy (non-hydrogen) atoms. The van der Waals surface area contributed by atoms with Crippen LogP contribution in [0.1, 0.15) is 47.0 Å². The van der Waals surface area contributed by atoms with Gasteiger partial charge in [0.1, 0.15) is 0 Å². The first-order chi connectivity index (χ1) is 7.31. The molecule has 0 atom stereocenters. The molecule has 0 aromatic rings. The number of unbranched alkanes of at least 4 members (excludes halogenated alkanes) is 2. The molecule has 94 valence electrons. The lowest BCUT2D eigenvalue weighted by atomic mass is 10.2. The Morgan fingerprint density at radius 1 is 1.19 bits per heavy atom. The lowest BCUT2D eigenvalue weighted by molar-refractivity contribution is 0.328. The van der Waals surface area contributed by atoms with Gasteiger partial charge in [-0.05, 0) is 43.1 Å². The summed E-state index contributed by atoms with van der Waals surface area (Å²) in [5.74, 6) is 0. The lowest BCUT2D eigenvalue weighted by Crippen LogP contribution is -2.40. The maximum atomic E-state index is 6.00. The monoisotopic (exact) mass is 240 g/mol. The molecule has 0 aromatic heterocycles. The van der Waals surface area contributed by atoms with Crippen molar-refractivity contribution in [2.45, 2.75) is 65.1 Å². The summed E-state index contributed by atoms with van der Waals surface area (Å²) in [4.78, 5) is 0. The van der Waals surface area contributed by atoms with Gasteiger partial charge in [-0.2, -0.15) is 0 Å². The minimum absolute atomic E-state index is 0.298. The summed E-state index contributed by atoms with van der Waals surface area (Å²) < 4.78 is 6.00. The maximum absolute atomic E-state index is 6.00. The first-order valence-electron chi connectivity index (χ1n) is 6.34. The summed E-state index contributed by atoms with van der Waals surface area (Å²) in [5, 5.41) is 0.298. The third kappa shape index (κ3) is 6.32. The zero-order valence-electron chi connectivity index (χ0n) is 11.9. The van der Waals surface area contributed by atoms with E-state index in [0.717, 1.165) is 6.42 Å². The fourth-order valence-corrected chi connectivity index (χ4v) is 1.92. The molecule has 0 radical (unpaired) electrons. The second-order valence-corrected chi connectivity index (χ2v) is 10.6. The zero-order chi connectivity index (χ0) is 12.7. The van der Waals surface area contributed by atoms with E-state index in [1.807, 2.05) is 6.08 Å². The molecule has 0 fully saturated rings. The molecule has 0 saturated heterocycles. The second kappa shape index (κ2) is 7.11. The Kier molecular flexibility index (Phi) is 6.97. The highest BCUT2D eigenvalue weighted by molar-refractivity contribution is 6.74. The topological polar surface area (TPSA) is 9.23 Å². The highest BCUT2D eigenvalue weighted by Gasteiger charge is 2.36. The molecule has 0 unspecified atom stereocenters. The minimum atomic E-state index is -1.57. The van der Waals surface area contributed by atoms with E-state index in [1.54, 1.807) is 0 Å². The molecule has 0 aliphatic heterocycles. The molecule has 0 bridgehead atoms. The van der Waals surface area contributed by atoms with Crippen LogP contribution in [0.5, 0.6) is 0 Å². The van der Waals surface area contributed by atoms with Crippen LogP contribution in [0.25, 0.3) is 0 Å². The quantitative estimate of drug-likeness (QED) is 0.364. The van der Waals surface area contributed by atoms with Crippen LogP contribution >= 0.6 is 0 Å². The molecule has 0 aromatic carbocycles. The van der Waals surface area contributed by atoms with Gasteiger partial charge >= 0.3 is 0 Å². The molecule has 0 spiro atoms. The summed E-state index contributed by atoms with van der Waals surface area (Å²) in [7, 11) is -1.57. The SMILES string of the molecule is CCCCC=C=CCO[Si](C)(C)C(C)(C)C. The second-order valence-electron chi connectivity index (χ2n) is 5.79. The molecular weight excluding hydrogens is 212 g/mol. The van der Waals surface area contributed by atoms with Crippen molar-refractivity contribution in [3.8, 4) is 0 Å². The van der Waals surface area contributed by atoms with Crippen LogP contribution in [0.3, 0.4) is 0 Å². The van der Waals surface area contributed by atoms with Crippen molar-refractivity contribution in [2.75, 3.05) is 6.61 Å². The van der Waals surface area contributed by atoms with E-state index < -0.39 is 8.32 Å². The molecule has 0 rings (SSSR count). The number of hydrogen-bond acceptors (Lipinski definition) is 1. The Morgan fingerprint density at radius 2 is 1.81 bits per heavy atom. The van der Waals surface area contributed by atoms with E-state index in [4.69, 9.17) is 4.43 Å². The van der Waals surface area contributed by atoms with Crippen LogP contribution in [-0.4, -0.2) is 14.9 Å². The Morgan fingerprint density at radius 3 is 2.31 bits per heavy atom. The normalized spacial score (nSPS) is 12.1. The molecule has 0 saturated carbocycles. The van der Waals surface area contributed by atoms with E-state index in [0.29, 0.717) is 11.6 Å². The Hall–Kier alpha value is -0.303. The fraction of sp³-hybridized carbons (Fsp3) is 0.786. The standard InChI is InChI=1S/C14H28OSi/c1-7-8-9-10-11-12-13-15-16(5,6)14(2,3)4/h10,12H,7-9,13H2,1-6H3. The van der Waals surface area contributed by atoms with Crippen molar-refractivity contribution >= 4 is 8.32 Å².